The molecule has 1 aliphatic heterocycles. The summed E-state index contributed by atoms with van der Waals surface area (Å²) >= 11 is 0. The van der Waals surface area contributed by atoms with Crippen molar-refractivity contribution in [2.45, 2.75) is 57.0 Å². The highest BCUT2D eigenvalue weighted by molar-refractivity contribution is 6.03. The number of hydrogen-bond donors (Lipinski definition) is 1. The minimum atomic E-state index is -5.45. The molecule has 9 heteroatoms. The maximum atomic E-state index is 13.4. The molecule has 0 saturated heterocycles. The van der Waals surface area contributed by atoms with Crippen LogP contribution in [0.15, 0.2) is 4.99 Å². The second kappa shape index (κ2) is 4.96. The average Bonchev–Trinajstić information content (AvgIpc) is 2.49. The highest BCUT2D eigenvalue weighted by Gasteiger charge is 2.72. The molecule has 1 heterocycles. The third-order valence-electron chi connectivity index (χ3n) is 6.29. The first-order valence-electron chi connectivity index (χ1n) is 7.97. The van der Waals surface area contributed by atoms with Gasteiger partial charge in [-0.3, -0.25) is 4.99 Å². The lowest BCUT2D eigenvalue weighted by molar-refractivity contribution is -0.271. The number of halogens is 3. The molecule has 140 valence electrons. The van der Waals surface area contributed by atoms with Crippen molar-refractivity contribution in [2.75, 3.05) is 7.11 Å². The van der Waals surface area contributed by atoms with Gasteiger partial charge in [0.05, 0.1) is 12.8 Å². The van der Waals surface area contributed by atoms with Gasteiger partial charge in [0, 0.05) is 5.92 Å². The molecule has 2 bridgehead atoms. The van der Waals surface area contributed by atoms with Gasteiger partial charge in [-0.25, -0.2) is 9.59 Å². The third-order valence-corrected chi connectivity index (χ3v) is 6.29. The number of aliphatic hydroxyl groups is 1. The van der Waals surface area contributed by atoms with Crippen molar-refractivity contribution < 1.29 is 37.3 Å². The Bertz CT molecular complexity index is 673. The van der Waals surface area contributed by atoms with E-state index in [0.717, 1.165) is 6.42 Å². The molecule has 0 aromatic rings. The monoisotopic (exact) mass is 363 g/mol. The standard InChI is InChI=1S/C16H20F3NO5/c1-13(2)7-5-8(13)14(3)9(6-7)20-10(11(21)25-14)15(23,12(22)24-4)16(17,18)19/h7-8,10,23H,5-6H2,1-4H3/t7-,8-,10+,14?,15?/m0/s1. The van der Waals surface area contributed by atoms with E-state index >= 15 is 0 Å². The normalized spacial score (nSPS) is 38.5. The van der Waals surface area contributed by atoms with Crippen LogP contribution in [0.3, 0.4) is 0 Å². The van der Waals surface area contributed by atoms with E-state index in [2.05, 4.69) is 9.73 Å². The van der Waals surface area contributed by atoms with Crippen molar-refractivity contribution in [1.82, 2.24) is 0 Å². The Hall–Kier alpha value is -1.64. The quantitative estimate of drug-likeness (QED) is 0.754. The summed E-state index contributed by atoms with van der Waals surface area (Å²) in [5, 5.41) is 10.1. The average molecular weight is 363 g/mol. The number of aliphatic imine (C=N–C) groups is 1. The van der Waals surface area contributed by atoms with Crippen molar-refractivity contribution in [3.8, 4) is 0 Å². The number of carbonyl (C=O) groups is 2. The summed E-state index contributed by atoms with van der Waals surface area (Å²) in [5.41, 5.74) is -5.04. The largest absolute Gasteiger partial charge is 0.467 e. The van der Waals surface area contributed by atoms with Gasteiger partial charge in [-0.05, 0) is 31.1 Å². The Morgan fingerprint density at radius 2 is 1.96 bits per heavy atom. The maximum absolute atomic E-state index is 13.4. The fourth-order valence-electron chi connectivity index (χ4n) is 4.52. The second-order valence-electron chi connectivity index (χ2n) is 7.77. The van der Waals surface area contributed by atoms with Gasteiger partial charge in [0.15, 0.2) is 11.6 Å². The lowest BCUT2D eigenvalue weighted by atomic mass is 9.43. The third kappa shape index (κ3) is 2.10. The van der Waals surface area contributed by atoms with Crippen LogP contribution in [0.2, 0.25) is 0 Å². The Morgan fingerprint density at radius 1 is 1.36 bits per heavy atom. The summed E-state index contributed by atoms with van der Waals surface area (Å²) in [5.74, 6) is -3.23. The first-order valence-corrected chi connectivity index (χ1v) is 7.97. The number of ether oxygens (including phenoxy) is 2. The van der Waals surface area contributed by atoms with E-state index in [1.54, 1.807) is 6.92 Å². The first-order chi connectivity index (χ1) is 11.3. The lowest BCUT2D eigenvalue weighted by Gasteiger charge is -2.64. The molecule has 0 radical (unpaired) electrons. The highest BCUT2D eigenvalue weighted by Crippen LogP contribution is 2.63. The number of methoxy groups -OCH3 is 1. The molecule has 0 aromatic carbocycles. The SMILES string of the molecule is COC(=O)C(O)([C@@H]1N=C2C[C@@H]3C[C@H](C2(C)OC1=O)C3(C)C)C(F)(F)F. The van der Waals surface area contributed by atoms with Crippen molar-refractivity contribution in [3.05, 3.63) is 0 Å². The smallest absolute Gasteiger partial charge is 0.431 e. The number of carbonyl (C=O) groups excluding carboxylic acids is 2. The molecule has 0 amide bonds. The van der Waals surface area contributed by atoms with Crippen LogP contribution >= 0.6 is 0 Å². The summed E-state index contributed by atoms with van der Waals surface area (Å²) < 4.78 is 49.7. The number of esters is 2. The Morgan fingerprint density at radius 3 is 2.44 bits per heavy atom. The van der Waals surface area contributed by atoms with Gasteiger partial charge < -0.3 is 14.6 Å². The van der Waals surface area contributed by atoms with E-state index in [1.807, 2.05) is 13.8 Å². The first kappa shape index (κ1) is 18.2. The molecule has 3 saturated carbocycles. The molecule has 5 atom stereocenters. The van der Waals surface area contributed by atoms with E-state index in [-0.39, 0.29) is 23.0 Å². The predicted molar refractivity (Wildman–Crippen MR) is 78.7 cm³/mol. The molecular weight excluding hydrogens is 343 g/mol. The van der Waals surface area contributed by atoms with Crippen LogP contribution < -0.4 is 0 Å². The van der Waals surface area contributed by atoms with E-state index < -0.39 is 35.4 Å². The minimum absolute atomic E-state index is 0.0699. The van der Waals surface area contributed by atoms with Gasteiger partial charge >= 0.3 is 18.1 Å². The van der Waals surface area contributed by atoms with E-state index in [0.29, 0.717) is 13.5 Å². The molecule has 3 fully saturated rings. The van der Waals surface area contributed by atoms with E-state index in [9.17, 15) is 27.9 Å². The molecule has 25 heavy (non-hydrogen) atoms. The molecule has 6 nitrogen and oxygen atoms in total. The van der Waals surface area contributed by atoms with Crippen molar-refractivity contribution >= 4 is 17.7 Å². The van der Waals surface area contributed by atoms with Crippen LogP contribution in [-0.2, 0) is 19.1 Å². The highest BCUT2D eigenvalue weighted by atomic mass is 19.4. The Balaban J connectivity index is 2.07. The van der Waals surface area contributed by atoms with Crippen LogP contribution in [0, 0.1) is 17.3 Å². The molecule has 4 rings (SSSR count). The number of rotatable bonds is 2. The zero-order valence-electron chi connectivity index (χ0n) is 14.3. The summed E-state index contributed by atoms with van der Waals surface area (Å²) in [6.45, 7) is 5.68. The zero-order chi connectivity index (χ0) is 19.0. The predicted octanol–water partition coefficient (Wildman–Crippen LogP) is 1.64. The number of nitrogens with zero attached hydrogens (tertiary/aromatic N) is 1. The van der Waals surface area contributed by atoms with Gasteiger partial charge in [-0.1, -0.05) is 13.8 Å². The summed E-state index contributed by atoms with van der Waals surface area (Å²) in [6, 6.07) is -2.43. The minimum Gasteiger partial charge on any atom is -0.467 e. The molecular formula is C16H20F3NO5. The molecule has 2 unspecified atom stereocenters. The van der Waals surface area contributed by atoms with Gasteiger partial charge in [0.25, 0.3) is 5.60 Å². The van der Waals surface area contributed by atoms with Gasteiger partial charge in [-0.2, -0.15) is 13.2 Å². The van der Waals surface area contributed by atoms with Crippen LogP contribution in [0.4, 0.5) is 13.2 Å². The summed E-state index contributed by atoms with van der Waals surface area (Å²) in [4.78, 5) is 27.9. The lowest BCUT2D eigenvalue weighted by Crippen LogP contribution is -2.71. The molecule has 1 N–H and O–H groups in total. The van der Waals surface area contributed by atoms with Crippen molar-refractivity contribution in [3.63, 3.8) is 0 Å². The van der Waals surface area contributed by atoms with Crippen LogP contribution in [-0.4, -0.2) is 53.3 Å². The molecule has 4 aliphatic rings. The number of alkyl halides is 3. The molecule has 0 aromatic heterocycles. The topological polar surface area (TPSA) is 85.2 Å². The van der Waals surface area contributed by atoms with Crippen LogP contribution in [0.5, 0.6) is 0 Å². The second-order valence-corrected chi connectivity index (χ2v) is 7.77. The van der Waals surface area contributed by atoms with E-state index in [1.165, 1.54) is 0 Å². The summed E-state index contributed by atoms with van der Waals surface area (Å²) in [7, 11) is 0.697. The maximum Gasteiger partial charge on any atom is 0.431 e. The van der Waals surface area contributed by atoms with Crippen molar-refractivity contribution in [1.29, 1.82) is 0 Å². The van der Waals surface area contributed by atoms with Crippen LogP contribution in [0.25, 0.3) is 0 Å². The van der Waals surface area contributed by atoms with Crippen LogP contribution in [0.1, 0.15) is 33.6 Å². The molecule has 0 spiro atoms. The number of hydrogen-bond acceptors (Lipinski definition) is 6. The van der Waals surface area contributed by atoms with Crippen molar-refractivity contribution in [2.24, 2.45) is 22.2 Å². The van der Waals surface area contributed by atoms with E-state index in [4.69, 9.17) is 4.74 Å². The zero-order valence-corrected chi connectivity index (χ0v) is 14.3. The fraction of sp³-hybridized carbons (Fsp3) is 0.812. The Labute approximate surface area is 142 Å². The Kier molecular flexibility index (Phi) is 3.60. The van der Waals surface area contributed by atoms with Gasteiger partial charge in [0.2, 0.25) is 0 Å². The fourth-order valence-corrected chi connectivity index (χ4v) is 4.52. The van der Waals surface area contributed by atoms with Gasteiger partial charge in [0.1, 0.15) is 0 Å². The molecule has 3 aliphatic carbocycles. The van der Waals surface area contributed by atoms with Gasteiger partial charge in [-0.15, -0.1) is 0 Å². The summed E-state index contributed by atoms with van der Waals surface area (Å²) in [6.07, 6.45) is -4.29.